The molecule has 1 rings (SSSR count). The molecule has 0 saturated carbocycles. The molecule has 0 aliphatic heterocycles. The maximum Gasteiger partial charge on any atom is 0.272 e. The number of carbonyl (C=O) groups excluding carboxylic acids is 2. The van der Waals surface area contributed by atoms with Crippen LogP contribution in [-0.2, 0) is 21.0 Å². The van der Waals surface area contributed by atoms with Crippen LogP contribution in [0.1, 0.15) is 5.69 Å². The van der Waals surface area contributed by atoms with E-state index >= 15 is 0 Å². The molecule has 0 aliphatic rings. The van der Waals surface area contributed by atoms with E-state index in [1.54, 1.807) is 10.9 Å². The Kier molecular flexibility index (Phi) is 5.33. The Hall–Kier alpha value is -1.18. The van der Waals surface area contributed by atoms with Crippen molar-refractivity contribution in [2.75, 3.05) is 0 Å². The third kappa shape index (κ3) is 4.29. The zero-order chi connectivity index (χ0) is 12.8. The second-order valence-corrected chi connectivity index (χ2v) is 4.27. The highest BCUT2D eigenvalue weighted by Gasteiger charge is 2.25. The Bertz CT molecular complexity index is 435. The summed E-state index contributed by atoms with van der Waals surface area (Å²) in [6.45, 7) is 0.0412. The van der Waals surface area contributed by atoms with Gasteiger partial charge in [0.05, 0.1) is 11.2 Å². The van der Waals surface area contributed by atoms with Gasteiger partial charge in [-0.2, -0.15) is 0 Å². The predicted octanol–water partition coefficient (Wildman–Crippen LogP) is 0.874. The lowest BCUT2D eigenvalue weighted by molar-refractivity contribution is -0.117. The minimum absolute atomic E-state index is 0.0412. The van der Waals surface area contributed by atoms with Crippen molar-refractivity contribution in [3.8, 4) is 0 Å². The van der Waals surface area contributed by atoms with Crippen molar-refractivity contribution in [3.05, 3.63) is 16.6 Å². The van der Waals surface area contributed by atoms with Crippen molar-refractivity contribution in [2.45, 2.75) is 12.0 Å². The van der Waals surface area contributed by atoms with Crippen molar-refractivity contribution in [1.82, 2.24) is 4.98 Å². The van der Waals surface area contributed by atoms with Crippen LogP contribution in [0.5, 0.6) is 0 Å². The van der Waals surface area contributed by atoms with E-state index in [4.69, 9.17) is 33.8 Å². The highest BCUT2D eigenvalue weighted by atomic mass is 35.5. The van der Waals surface area contributed by atoms with Gasteiger partial charge in [-0.1, -0.05) is 5.16 Å². The molecule has 1 aromatic rings. The molecule has 17 heavy (non-hydrogen) atoms. The second kappa shape index (κ2) is 6.53. The van der Waals surface area contributed by atoms with Gasteiger partial charge >= 0.3 is 0 Å². The van der Waals surface area contributed by atoms with Gasteiger partial charge in [-0.05, 0) is 11.6 Å². The van der Waals surface area contributed by atoms with Gasteiger partial charge in [-0.15, -0.1) is 22.9 Å². The van der Waals surface area contributed by atoms with Crippen LogP contribution in [0, 0.1) is 0 Å². The molecular weight excluding hydrogens is 289 g/mol. The van der Waals surface area contributed by atoms with Crippen molar-refractivity contribution >= 4 is 51.4 Å². The Labute approximate surface area is 110 Å². The maximum atomic E-state index is 10.9. The number of hydrogen-bond donors (Lipinski definition) is 1. The first kappa shape index (κ1) is 13.9. The van der Waals surface area contributed by atoms with Crippen LogP contribution in [0.25, 0.3) is 0 Å². The second-order valence-electron chi connectivity index (χ2n) is 2.77. The van der Waals surface area contributed by atoms with E-state index in [1.807, 2.05) is 0 Å². The summed E-state index contributed by atoms with van der Waals surface area (Å²) in [7, 11) is 0. The number of aromatic nitrogens is 1. The smallest absolute Gasteiger partial charge is 0.272 e. The van der Waals surface area contributed by atoms with Crippen LogP contribution < -0.4 is 5.73 Å². The van der Waals surface area contributed by atoms with Crippen LogP contribution in [0.4, 0.5) is 0 Å². The van der Waals surface area contributed by atoms with Crippen molar-refractivity contribution in [3.63, 3.8) is 0 Å². The number of carbonyl (C=O) groups is 2. The molecule has 0 aromatic carbocycles. The van der Waals surface area contributed by atoms with Crippen LogP contribution in [0.2, 0.25) is 0 Å². The SMILES string of the molecule is NC(=O)C(Cl)/C(=N/OCc1cscn1)C(=O)Cl. The highest BCUT2D eigenvalue weighted by Crippen LogP contribution is 2.06. The van der Waals surface area contributed by atoms with Gasteiger partial charge in [0.2, 0.25) is 5.91 Å². The van der Waals surface area contributed by atoms with Gasteiger partial charge in [0.1, 0.15) is 0 Å². The van der Waals surface area contributed by atoms with Gasteiger partial charge in [0, 0.05) is 5.38 Å². The number of amides is 1. The minimum Gasteiger partial charge on any atom is -0.389 e. The zero-order valence-electron chi connectivity index (χ0n) is 8.30. The molecule has 6 nitrogen and oxygen atoms in total. The molecule has 0 fully saturated rings. The molecule has 0 bridgehead atoms. The van der Waals surface area contributed by atoms with E-state index in [9.17, 15) is 9.59 Å². The maximum absolute atomic E-state index is 10.9. The molecule has 2 N–H and O–H groups in total. The zero-order valence-corrected chi connectivity index (χ0v) is 10.6. The molecular formula is C8H7Cl2N3O3S. The van der Waals surface area contributed by atoms with Gasteiger partial charge in [-0.25, -0.2) is 4.98 Å². The fraction of sp³-hybridized carbons (Fsp3) is 0.250. The molecule has 1 amide bonds. The number of primary amides is 1. The van der Waals surface area contributed by atoms with E-state index in [1.165, 1.54) is 11.3 Å². The summed E-state index contributed by atoms with van der Waals surface area (Å²) >= 11 is 12.1. The first-order valence-electron chi connectivity index (χ1n) is 4.22. The summed E-state index contributed by atoms with van der Waals surface area (Å²) in [5.41, 5.74) is 6.71. The Balaban J connectivity index is 2.64. The summed E-state index contributed by atoms with van der Waals surface area (Å²) in [4.78, 5) is 30.4. The number of rotatable bonds is 6. The van der Waals surface area contributed by atoms with E-state index in [-0.39, 0.29) is 6.61 Å². The molecule has 92 valence electrons. The number of nitrogens with two attached hydrogens (primary N) is 1. The summed E-state index contributed by atoms with van der Waals surface area (Å²) in [6, 6.07) is 0. The van der Waals surface area contributed by atoms with Crippen LogP contribution in [0.15, 0.2) is 16.0 Å². The third-order valence-corrected chi connectivity index (χ3v) is 2.80. The summed E-state index contributed by atoms with van der Waals surface area (Å²) < 4.78 is 0. The van der Waals surface area contributed by atoms with Crippen LogP contribution in [0.3, 0.4) is 0 Å². The summed E-state index contributed by atoms with van der Waals surface area (Å²) in [5.74, 6) is -0.934. The molecule has 0 spiro atoms. The predicted molar refractivity (Wildman–Crippen MR) is 64.0 cm³/mol. The first-order valence-corrected chi connectivity index (χ1v) is 5.98. The van der Waals surface area contributed by atoms with Gasteiger partial charge in [0.25, 0.3) is 5.24 Å². The van der Waals surface area contributed by atoms with Crippen LogP contribution >= 0.6 is 34.5 Å². The average molecular weight is 296 g/mol. The summed E-state index contributed by atoms with van der Waals surface area (Å²) in [5, 5.41) is 2.71. The topological polar surface area (TPSA) is 94.6 Å². The largest absolute Gasteiger partial charge is 0.389 e. The Morgan fingerprint density at radius 3 is 2.82 bits per heavy atom. The molecule has 1 unspecified atom stereocenters. The molecule has 1 atom stereocenters. The van der Waals surface area contributed by atoms with E-state index < -0.39 is 22.2 Å². The monoisotopic (exact) mass is 295 g/mol. The quantitative estimate of drug-likeness (QED) is 0.365. The minimum atomic E-state index is -1.42. The van der Waals surface area contributed by atoms with Crippen molar-refractivity contribution in [2.24, 2.45) is 10.9 Å². The molecule has 0 saturated heterocycles. The lowest BCUT2D eigenvalue weighted by atomic mass is 10.3. The number of nitrogens with zero attached hydrogens (tertiary/aromatic N) is 2. The van der Waals surface area contributed by atoms with Crippen molar-refractivity contribution in [1.29, 1.82) is 0 Å². The third-order valence-electron chi connectivity index (χ3n) is 1.55. The van der Waals surface area contributed by atoms with Gasteiger partial charge < -0.3 is 10.6 Å². The van der Waals surface area contributed by atoms with Crippen LogP contribution in [-0.4, -0.2) is 27.2 Å². The van der Waals surface area contributed by atoms with Crippen molar-refractivity contribution < 1.29 is 14.4 Å². The number of hydrogen-bond acceptors (Lipinski definition) is 6. The number of thiazole rings is 1. The summed E-state index contributed by atoms with van der Waals surface area (Å²) in [6.07, 6.45) is 0. The van der Waals surface area contributed by atoms with Gasteiger partial charge in [-0.3, -0.25) is 9.59 Å². The molecule has 9 heteroatoms. The average Bonchev–Trinajstić information content (AvgIpc) is 2.75. The molecule has 0 radical (unpaired) electrons. The Morgan fingerprint density at radius 1 is 1.65 bits per heavy atom. The highest BCUT2D eigenvalue weighted by molar-refractivity contribution is 7.07. The number of halogens is 2. The van der Waals surface area contributed by atoms with E-state index in [0.29, 0.717) is 5.69 Å². The van der Waals surface area contributed by atoms with E-state index in [2.05, 4.69) is 10.1 Å². The normalized spacial score (nSPS) is 13.2. The molecule has 0 aliphatic carbocycles. The molecule has 1 aromatic heterocycles. The van der Waals surface area contributed by atoms with Gasteiger partial charge in [0.15, 0.2) is 17.7 Å². The lowest BCUT2D eigenvalue weighted by Gasteiger charge is -2.04. The molecule has 1 heterocycles. The lowest BCUT2D eigenvalue weighted by Crippen LogP contribution is -2.34. The standard InChI is InChI=1S/C8H7Cl2N3O3S/c9-5(8(11)15)6(7(10)14)13-16-1-4-2-17-3-12-4/h2-3,5H,1H2,(H2,11,15)/b13-6-. The Morgan fingerprint density at radius 2 is 2.35 bits per heavy atom. The van der Waals surface area contributed by atoms with E-state index in [0.717, 1.165) is 0 Å². The number of alkyl halides is 1. The fourth-order valence-electron chi connectivity index (χ4n) is 0.793. The fourth-order valence-corrected chi connectivity index (χ4v) is 1.67. The number of oxime groups is 1. The first-order chi connectivity index (χ1) is 8.02.